The lowest BCUT2D eigenvalue weighted by atomic mass is 10.1. The summed E-state index contributed by atoms with van der Waals surface area (Å²) in [6.45, 7) is 21.3. The third-order valence-electron chi connectivity index (χ3n) is 4.96. The maximum Gasteiger partial charge on any atom is 0.284 e. The summed E-state index contributed by atoms with van der Waals surface area (Å²) < 4.78 is 30.7. The summed E-state index contributed by atoms with van der Waals surface area (Å²) in [6, 6.07) is 3.96. The molecule has 0 aliphatic rings. The lowest BCUT2D eigenvalue weighted by molar-refractivity contribution is -0.115. The van der Waals surface area contributed by atoms with Gasteiger partial charge in [0.1, 0.15) is 11.5 Å². The maximum atomic E-state index is 12.8. The molecule has 0 bridgehead atoms. The number of aryl methyl sites for hydroxylation is 1. The van der Waals surface area contributed by atoms with E-state index >= 15 is 0 Å². The fourth-order valence-corrected chi connectivity index (χ4v) is 2.77. The summed E-state index contributed by atoms with van der Waals surface area (Å²) in [5.41, 5.74) is -0.649. The smallest absolute Gasteiger partial charge is 0.284 e. The van der Waals surface area contributed by atoms with E-state index in [9.17, 15) is 18.4 Å². The van der Waals surface area contributed by atoms with Crippen molar-refractivity contribution in [3.05, 3.63) is 41.0 Å². The number of alkyl halides is 2. The first-order chi connectivity index (χ1) is 19.1. The molecule has 0 saturated carbocycles. The zero-order valence-electron chi connectivity index (χ0n) is 27.8. The van der Waals surface area contributed by atoms with Gasteiger partial charge in [-0.1, -0.05) is 82.5 Å². The van der Waals surface area contributed by atoms with Crippen LogP contribution >= 0.6 is 9.24 Å². The summed E-state index contributed by atoms with van der Waals surface area (Å²) >= 11 is 0. The molecule has 1 atom stereocenters. The molecule has 0 aliphatic heterocycles. The maximum absolute atomic E-state index is 12.8. The van der Waals surface area contributed by atoms with Gasteiger partial charge < -0.3 is 14.6 Å². The molecule has 1 aromatic carbocycles. The molecule has 41 heavy (non-hydrogen) atoms. The predicted octanol–water partition coefficient (Wildman–Crippen LogP) is 9.89. The van der Waals surface area contributed by atoms with Crippen LogP contribution in [0.2, 0.25) is 0 Å². The molecule has 1 unspecified atom stereocenters. The Hall–Kier alpha value is -1.98. The Bertz CT molecular complexity index is 840. The standard InChI is InChI=1S/C10H17NO.C9H11F2OP.C6H14O.C5H12.C3H6O/c1-5-8(3)7-9(11-4)10(12)6-2;1-2-6-3-7(9(10,11)13)5-8(12)4-6;1-3-5-7-6-4-2;1-3-5-4-2;1-3(2)4/h7H,5-6H2,1-4H3;3-5,12H,2,13H2,1H3;3-6H2,1-2H3;3-5H2,1-2H3;1-2H3/b8-7+,11-9?;;;;. The summed E-state index contributed by atoms with van der Waals surface area (Å²) in [4.78, 5) is 24.6. The average Bonchev–Trinajstić information content (AvgIpc) is 2.91. The Morgan fingerprint density at radius 1 is 0.902 bits per heavy atom. The van der Waals surface area contributed by atoms with E-state index in [1.807, 2.05) is 26.8 Å². The minimum Gasteiger partial charge on any atom is -0.508 e. The van der Waals surface area contributed by atoms with Crippen LogP contribution in [0.25, 0.3) is 0 Å². The molecule has 1 rings (SSSR count). The Labute approximate surface area is 252 Å². The van der Waals surface area contributed by atoms with Gasteiger partial charge in [-0.25, -0.2) is 0 Å². The number of rotatable bonds is 12. The van der Waals surface area contributed by atoms with Gasteiger partial charge in [0, 0.05) is 32.2 Å². The normalized spacial score (nSPS) is 10.9. The molecule has 0 spiro atoms. The zero-order chi connectivity index (χ0) is 32.9. The summed E-state index contributed by atoms with van der Waals surface area (Å²) in [7, 11) is 3.11. The number of unbranched alkanes of at least 4 members (excludes halogenated alkanes) is 2. The fraction of sp³-hybridized carbons (Fsp3) is 0.667. The second-order valence-electron chi connectivity index (χ2n) is 9.47. The first kappa shape index (κ1) is 46.0. The Morgan fingerprint density at radius 3 is 1.68 bits per heavy atom. The van der Waals surface area contributed by atoms with Crippen LogP contribution in [0, 0.1) is 0 Å². The number of Topliss-reactive ketones (excluding diaryl/α,β-unsaturated/α-hetero) is 2. The van der Waals surface area contributed by atoms with Gasteiger partial charge in [-0.15, -0.1) is 0 Å². The number of aromatic hydroxyl groups is 1. The number of benzene rings is 1. The average molecular weight is 604 g/mol. The number of hydrogen-bond donors (Lipinski definition) is 1. The molecule has 0 heterocycles. The third kappa shape index (κ3) is 34.1. The SMILES string of the molecule is CC(C)=O.CCC(=O)C(/C=C(\C)CC)=NC.CCCCC.CCCOCCC.CCc1cc(O)cc(C(F)(F)P)c1. The van der Waals surface area contributed by atoms with E-state index in [4.69, 9.17) is 9.84 Å². The van der Waals surface area contributed by atoms with Crippen molar-refractivity contribution in [2.75, 3.05) is 20.3 Å². The van der Waals surface area contributed by atoms with E-state index in [-0.39, 0.29) is 22.9 Å². The second-order valence-corrected chi connectivity index (χ2v) is 10.2. The Morgan fingerprint density at radius 2 is 1.39 bits per heavy atom. The summed E-state index contributed by atoms with van der Waals surface area (Å²) in [6.07, 6.45) is 10.3. The van der Waals surface area contributed by atoms with Gasteiger partial charge in [0.15, 0.2) is 5.78 Å². The molecule has 0 aliphatic carbocycles. The van der Waals surface area contributed by atoms with E-state index in [1.165, 1.54) is 60.1 Å². The third-order valence-corrected chi connectivity index (χ3v) is 5.30. The van der Waals surface area contributed by atoms with Crippen LogP contribution in [0.5, 0.6) is 5.75 Å². The van der Waals surface area contributed by atoms with Gasteiger partial charge >= 0.3 is 0 Å². The largest absolute Gasteiger partial charge is 0.508 e. The fourth-order valence-electron chi connectivity index (χ4n) is 2.60. The lowest BCUT2D eigenvalue weighted by Gasteiger charge is -2.12. The Balaban J connectivity index is -0.000000224. The summed E-state index contributed by atoms with van der Waals surface area (Å²) in [5, 5.41) is 9.15. The van der Waals surface area contributed by atoms with E-state index in [2.05, 4.69) is 39.6 Å². The molecule has 0 amide bonds. The van der Waals surface area contributed by atoms with E-state index in [0.717, 1.165) is 38.5 Å². The van der Waals surface area contributed by atoms with Crippen molar-refractivity contribution in [2.45, 2.75) is 126 Å². The van der Waals surface area contributed by atoms with Crippen molar-refractivity contribution in [2.24, 2.45) is 4.99 Å². The zero-order valence-corrected chi connectivity index (χ0v) is 29.0. The molecular formula is C33H60F2NO4P. The van der Waals surface area contributed by atoms with Gasteiger partial charge in [-0.05, 0) is 76.3 Å². The Kier molecular flexibility index (Phi) is 34.7. The van der Waals surface area contributed by atoms with Crippen LogP contribution < -0.4 is 0 Å². The highest BCUT2D eigenvalue weighted by atomic mass is 31.0. The number of carbonyl (C=O) groups is 2. The number of halogens is 2. The first-order valence-electron chi connectivity index (χ1n) is 14.9. The number of aliphatic imine (C=N–C) groups is 1. The topological polar surface area (TPSA) is 76.0 Å². The molecule has 240 valence electrons. The van der Waals surface area contributed by atoms with Crippen molar-refractivity contribution in [3.8, 4) is 5.75 Å². The molecule has 5 nitrogen and oxygen atoms in total. The van der Waals surface area contributed by atoms with Crippen molar-refractivity contribution in [1.29, 1.82) is 0 Å². The van der Waals surface area contributed by atoms with Gasteiger partial charge in [0.2, 0.25) is 0 Å². The van der Waals surface area contributed by atoms with Crippen molar-refractivity contribution in [1.82, 2.24) is 0 Å². The van der Waals surface area contributed by atoms with E-state index in [0.29, 0.717) is 24.1 Å². The highest BCUT2D eigenvalue weighted by molar-refractivity contribution is 7.17. The van der Waals surface area contributed by atoms with Crippen LogP contribution in [-0.4, -0.2) is 42.6 Å². The van der Waals surface area contributed by atoms with Gasteiger partial charge in [0.25, 0.3) is 5.66 Å². The van der Waals surface area contributed by atoms with Crippen LogP contribution in [0.4, 0.5) is 8.78 Å². The van der Waals surface area contributed by atoms with Crippen molar-refractivity contribution in [3.63, 3.8) is 0 Å². The molecule has 0 aromatic heterocycles. The molecule has 0 fully saturated rings. The van der Waals surface area contributed by atoms with Crippen molar-refractivity contribution >= 4 is 26.5 Å². The number of hydrogen-bond acceptors (Lipinski definition) is 5. The minimum absolute atomic E-state index is 0.114. The number of carbonyl (C=O) groups excluding carboxylic acids is 2. The minimum atomic E-state index is -2.97. The van der Waals surface area contributed by atoms with E-state index < -0.39 is 5.66 Å². The van der Waals surface area contributed by atoms with Crippen LogP contribution in [0.3, 0.4) is 0 Å². The van der Waals surface area contributed by atoms with Crippen LogP contribution in [-0.2, 0) is 26.4 Å². The number of ketones is 2. The number of nitrogens with zero attached hydrogens (tertiary/aromatic N) is 1. The molecule has 1 N–H and O–H groups in total. The predicted molar refractivity (Wildman–Crippen MR) is 177 cm³/mol. The number of ether oxygens (including phenoxy) is 1. The monoisotopic (exact) mass is 603 g/mol. The molecule has 0 saturated heterocycles. The van der Waals surface area contributed by atoms with Gasteiger partial charge in [0.05, 0.1) is 5.71 Å². The van der Waals surface area contributed by atoms with Crippen LogP contribution in [0.15, 0.2) is 34.8 Å². The van der Waals surface area contributed by atoms with Gasteiger partial charge in [-0.2, -0.15) is 8.78 Å². The van der Waals surface area contributed by atoms with E-state index in [1.54, 1.807) is 7.05 Å². The highest BCUT2D eigenvalue weighted by Gasteiger charge is 2.25. The second kappa shape index (κ2) is 31.0. The molecular weight excluding hydrogens is 543 g/mol. The first-order valence-corrected chi connectivity index (χ1v) is 15.4. The number of phenols is 1. The molecule has 0 radical (unpaired) electrons. The van der Waals surface area contributed by atoms with Crippen LogP contribution in [0.1, 0.15) is 125 Å². The van der Waals surface area contributed by atoms with Crippen molar-refractivity contribution < 1.29 is 28.2 Å². The lowest BCUT2D eigenvalue weighted by Crippen LogP contribution is -2.10. The summed E-state index contributed by atoms with van der Waals surface area (Å²) in [5.74, 6) is 0.168. The quantitative estimate of drug-likeness (QED) is 0.147. The molecule has 1 aromatic rings. The van der Waals surface area contributed by atoms with Gasteiger partial charge in [-0.3, -0.25) is 9.79 Å². The number of allylic oxidation sites excluding steroid dienone is 2. The highest BCUT2D eigenvalue weighted by Crippen LogP contribution is 2.36. The number of phenolic OH excluding ortho intramolecular Hbond substituents is 1. The molecule has 8 heteroatoms.